The van der Waals surface area contributed by atoms with Gasteiger partial charge in [0.15, 0.2) is 0 Å². The highest BCUT2D eigenvalue weighted by molar-refractivity contribution is 6.34. The van der Waals surface area contributed by atoms with Crippen LogP contribution in [0.3, 0.4) is 0 Å². The lowest BCUT2D eigenvalue weighted by molar-refractivity contribution is 0.0327. The molecule has 0 aliphatic heterocycles. The normalized spacial score (nSPS) is 15.0. The standard InChI is InChI=1S/C9H9Cl3O3/c10-3-8(14)9(15)4-1-6(12)7(13)2-5(4)11/h1-2,8-9,13-15H,3H2. The van der Waals surface area contributed by atoms with Gasteiger partial charge < -0.3 is 15.3 Å². The number of hydrogen-bond donors (Lipinski definition) is 3. The Morgan fingerprint density at radius 1 is 1.13 bits per heavy atom. The van der Waals surface area contributed by atoms with Crippen molar-refractivity contribution in [2.75, 3.05) is 5.88 Å². The van der Waals surface area contributed by atoms with Gasteiger partial charge in [-0.05, 0) is 6.07 Å². The number of alkyl halides is 1. The van der Waals surface area contributed by atoms with E-state index in [-0.39, 0.29) is 27.2 Å². The number of aliphatic hydroxyl groups excluding tert-OH is 2. The van der Waals surface area contributed by atoms with Crippen LogP contribution >= 0.6 is 34.8 Å². The molecule has 2 unspecified atom stereocenters. The van der Waals surface area contributed by atoms with E-state index in [2.05, 4.69) is 0 Å². The minimum absolute atomic E-state index is 0.0511. The van der Waals surface area contributed by atoms with E-state index in [1.165, 1.54) is 12.1 Å². The van der Waals surface area contributed by atoms with E-state index >= 15 is 0 Å². The quantitative estimate of drug-likeness (QED) is 0.740. The van der Waals surface area contributed by atoms with E-state index in [0.29, 0.717) is 0 Å². The molecule has 1 aromatic carbocycles. The predicted octanol–water partition coefficient (Wildman–Crippen LogP) is 2.33. The number of aromatic hydroxyl groups is 1. The average molecular weight is 272 g/mol. The predicted molar refractivity (Wildman–Crippen MR) is 59.8 cm³/mol. The Labute approximate surface area is 102 Å². The largest absolute Gasteiger partial charge is 0.506 e. The van der Waals surface area contributed by atoms with Gasteiger partial charge in [-0.25, -0.2) is 0 Å². The van der Waals surface area contributed by atoms with Crippen LogP contribution in [0.4, 0.5) is 0 Å². The van der Waals surface area contributed by atoms with Crippen molar-refractivity contribution in [3.05, 3.63) is 27.7 Å². The monoisotopic (exact) mass is 270 g/mol. The first kappa shape index (κ1) is 12.9. The summed E-state index contributed by atoms with van der Waals surface area (Å²) >= 11 is 16.8. The van der Waals surface area contributed by atoms with E-state index in [1.54, 1.807) is 0 Å². The highest BCUT2D eigenvalue weighted by atomic mass is 35.5. The molecule has 0 saturated carbocycles. The minimum Gasteiger partial charge on any atom is -0.506 e. The fraction of sp³-hybridized carbons (Fsp3) is 0.333. The molecule has 0 aromatic heterocycles. The van der Waals surface area contributed by atoms with Crippen LogP contribution in [0.1, 0.15) is 11.7 Å². The highest BCUT2D eigenvalue weighted by Gasteiger charge is 2.21. The van der Waals surface area contributed by atoms with E-state index in [4.69, 9.17) is 34.8 Å². The van der Waals surface area contributed by atoms with E-state index in [1.807, 2.05) is 0 Å². The highest BCUT2D eigenvalue weighted by Crippen LogP contribution is 2.34. The van der Waals surface area contributed by atoms with Gasteiger partial charge in [0.2, 0.25) is 0 Å². The Hall–Kier alpha value is -0.190. The summed E-state index contributed by atoms with van der Waals surface area (Å²) in [6.07, 6.45) is -2.36. The maximum Gasteiger partial charge on any atom is 0.135 e. The summed E-state index contributed by atoms with van der Waals surface area (Å²) in [7, 11) is 0. The molecule has 0 radical (unpaired) electrons. The zero-order valence-corrected chi connectivity index (χ0v) is 9.76. The molecule has 0 spiro atoms. The molecule has 1 aromatic rings. The summed E-state index contributed by atoms with van der Waals surface area (Å²) in [5.74, 6) is -0.311. The van der Waals surface area contributed by atoms with Crippen LogP contribution in [0.15, 0.2) is 12.1 Å². The molecule has 0 heterocycles. The molecule has 0 fully saturated rings. The summed E-state index contributed by atoms with van der Waals surface area (Å²) in [5.41, 5.74) is 0.229. The fourth-order valence-corrected chi connectivity index (χ4v) is 1.68. The van der Waals surface area contributed by atoms with Crippen molar-refractivity contribution >= 4 is 34.8 Å². The first-order valence-electron chi connectivity index (χ1n) is 4.07. The summed E-state index contributed by atoms with van der Waals surface area (Å²) in [5, 5.41) is 28.3. The van der Waals surface area contributed by atoms with E-state index in [9.17, 15) is 15.3 Å². The van der Waals surface area contributed by atoms with Crippen molar-refractivity contribution in [2.24, 2.45) is 0 Å². The first-order chi connectivity index (χ1) is 6.97. The van der Waals surface area contributed by atoms with Crippen molar-refractivity contribution < 1.29 is 15.3 Å². The summed E-state index contributed by atoms with van der Waals surface area (Å²) < 4.78 is 0. The molecule has 2 atom stereocenters. The molecular formula is C9H9Cl3O3. The molecule has 0 aliphatic rings. The molecule has 0 bridgehead atoms. The van der Waals surface area contributed by atoms with Gasteiger partial charge in [-0.3, -0.25) is 0 Å². The van der Waals surface area contributed by atoms with E-state index in [0.717, 1.165) is 0 Å². The van der Waals surface area contributed by atoms with Crippen molar-refractivity contribution in [3.63, 3.8) is 0 Å². The Balaban J connectivity index is 3.09. The van der Waals surface area contributed by atoms with Crippen LogP contribution in [0.5, 0.6) is 5.75 Å². The Morgan fingerprint density at radius 2 is 1.73 bits per heavy atom. The van der Waals surface area contributed by atoms with Crippen molar-refractivity contribution in [1.29, 1.82) is 0 Å². The molecule has 15 heavy (non-hydrogen) atoms. The molecule has 0 saturated heterocycles. The van der Waals surface area contributed by atoms with Gasteiger partial charge in [-0.1, -0.05) is 23.2 Å². The van der Waals surface area contributed by atoms with Gasteiger partial charge >= 0.3 is 0 Å². The number of benzene rings is 1. The van der Waals surface area contributed by atoms with Crippen LogP contribution in [0.2, 0.25) is 10.0 Å². The Kier molecular flexibility index (Phi) is 4.49. The maximum absolute atomic E-state index is 9.63. The van der Waals surface area contributed by atoms with Gasteiger partial charge in [0.1, 0.15) is 11.9 Å². The molecular weight excluding hydrogens is 262 g/mol. The number of aliphatic hydroxyl groups is 2. The lowest BCUT2D eigenvalue weighted by atomic mass is 10.1. The number of halogens is 3. The molecule has 84 valence electrons. The second-order valence-electron chi connectivity index (χ2n) is 2.99. The second-order valence-corrected chi connectivity index (χ2v) is 4.11. The van der Waals surface area contributed by atoms with Crippen LogP contribution in [0, 0.1) is 0 Å². The van der Waals surface area contributed by atoms with Crippen molar-refractivity contribution in [2.45, 2.75) is 12.2 Å². The number of phenols is 1. The minimum atomic E-state index is -1.23. The van der Waals surface area contributed by atoms with Gasteiger partial charge in [0, 0.05) is 11.6 Å². The maximum atomic E-state index is 9.63. The molecule has 0 aliphatic carbocycles. The van der Waals surface area contributed by atoms with Crippen molar-refractivity contribution in [3.8, 4) is 5.75 Å². The van der Waals surface area contributed by atoms with Crippen molar-refractivity contribution in [1.82, 2.24) is 0 Å². The number of phenolic OH excluding ortho intramolecular Hbond substituents is 1. The van der Waals surface area contributed by atoms with Gasteiger partial charge in [-0.15, -0.1) is 11.6 Å². The van der Waals surface area contributed by atoms with Crippen LogP contribution in [-0.4, -0.2) is 27.3 Å². The van der Waals surface area contributed by atoms with Crippen LogP contribution in [-0.2, 0) is 0 Å². The van der Waals surface area contributed by atoms with Gasteiger partial charge in [0.25, 0.3) is 0 Å². The fourth-order valence-electron chi connectivity index (χ4n) is 1.07. The molecule has 0 amide bonds. The van der Waals surface area contributed by atoms with Crippen LogP contribution in [0.25, 0.3) is 0 Å². The van der Waals surface area contributed by atoms with E-state index < -0.39 is 12.2 Å². The lowest BCUT2D eigenvalue weighted by Crippen LogP contribution is -2.20. The zero-order valence-electron chi connectivity index (χ0n) is 7.49. The van der Waals surface area contributed by atoms with Gasteiger partial charge in [-0.2, -0.15) is 0 Å². The lowest BCUT2D eigenvalue weighted by Gasteiger charge is -2.17. The second kappa shape index (κ2) is 5.23. The van der Waals surface area contributed by atoms with Crippen LogP contribution < -0.4 is 0 Å². The SMILES string of the molecule is Oc1cc(Cl)c(C(O)C(O)CCl)cc1Cl. The summed E-state index contributed by atoms with van der Waals surface area (Å²) in [6.45, 7) is 0. The average Bonchev–Trinajstić information content (AvgIpc) is 2.21. The molecule has 1 rings (SSSR count). The number of rotatable bonds is 3. The smallest absolute Gasteiger partial charge is 0.135 e. The summed E-state index contributed by atoms with van der Waals surface area (Å²) in [4.78, 5) is 0. The first-order valence-corrected chi connectivity index (χ1v) is 5.36. The molecule has 3 nitrogen and oxygen atoms in total. The third-order valence-corrected chi connectivity index (χ3v) is 2.85. The topological polar surface area (TPSA) is 60.7 Å². The third-order valence-electron chi connectivity index (χ3n) is 1.91. The Morgan fingerprint density at radius 3 is 2.27 bits per heavy atom. The molecule has 6 heteroatoms. The zero-order chi connectivity index (χ0) is 11.6. The Bertz CT molecular complexity index is 357. The third kappa shape index (κ3) is 2.89. The van der Waals surface area contributed by atoms with Gasteiger partial charge in [0.05, 0.1) is 22.0 Å². The molecule has 3 N–H and O–H groups in total. The number of hydrogen-bond acceptors (Lipinski definition) is 3. The summed E-state index contributed by atoms with van der Waals surface area (Å²) in [6, 6.07) is 2.49.